The number of likely N-dealkylation sites (N-methyl/N-ethyl adjacent to an activating group) is 1. The van der Waals surface area contributed by atoms with Crippen LogP contribution in [0.2, 0.25) is 0 Å². The van der Waals surface area contributed by atoms with Gasteiger partial charge in [0.15, 0.2) is 0 Å². The van der Waals surface area contributed by atoms with Gasteiger partial charge in [-0.05, 0) is 43.0 Å². The molecule has 24 heavy (non-hydrogen) atoms. The number of amides is 3. The number of hydrogen-bond donors (Lipinski definition) is 2. The van der Waals surface area contributed by atoms with Gasteiger partial charge in [-0.2, -0.15) is 0 Å². The van der Waals surface area contributed by atoms with E-state index in [-0.39, 0.29) is 18.0 Å². The zero-order valence-electron chi connectivity index (χ0n) is 14.7. The normalized spacial score (nSPS) is 16.9. The van der Waals surface area contributed by atoms with Crippen LogP contribution in [-0.2, 0) is 4.74 Å². The Labute approximate surface area is 143 Å². The molecule has 0 spiro atoms. The van der Waals surface area contributed by atoms with Gasteiger partial charge in [0, 0.05) is 38.0 Å². The fourth-order valence-electron chi connectivity index (χ4n) is 2.50. The van der Waals surface area contributed by atoms with E-state index in [1.807, 2.05) is 13.8 Å². The van der Waals surface area contributed by atoms with Gasteiger partial charge in [-0.25, -0.2) is 4.79 Å². The maximum Gasteiger partial charge on any atom is 0.321 e. The smallest absolute Gasteiger partial charge is 0.321 e. The monoisotopic (exact) mass is 333 g/mol. The molecule has 1 aromatic carbocycles. The van der Waals surface area contributed by atoms with Crippen molar-refractivity contribution in [2.75, 3.05) is 32.1 Å². The van der Waals surface area contributed by atoms with E-state index in [1.165, 1.54) is 0 Å². The van der Waals surface area contributed by atoms with Crippen LogP contribution in [0.15, 0.2) is 24.3 Å². The summed E-state index contributed by atoms with van der Waals surface area (Å²) in [5, 5.41) is 5.70. The molecule has 1 saturated heterocycles. The summed E-state index contributed by atoms with van der Waals surface area (Å²) < 4.78 is 5.54. The summed E-state index contributed by atoms with van der Waals surface area (Å²) >= 11 is 0. The van der Waals surface area contributed by atoms with Crippen LogP contribution in [0.1, 0.15) is 37.0 Å². The number of ether oxygens (including phenoxy) is 1. The highest BCUT2D eigenvalue weighted by Crippen LogP contribution is 2.14. The van der Waals surface area contributed by atoms with Crippen LogP contribution < -0.4 is 10.6 Å². The number of carbonyl (C=O) groups excluding carboxylic acids is 2. The number of hydrogen-bond acceptors (Lipinski definition) is 3. The van der Waals surface area contributed by atoms with Gasteiger partial charge in [0.25, 0.3) is 5.91 Å². The van der Waals surface area contributed by atoms with Gasteiger partial charge in [0.1, 0.15) is 0 Å². The third-order valence-electron chi connectivity index (χ3n) is 3.92. The lowest BCUT2D eigenvalue weighted by molar-refractivity contribution is 0.0894. The number of nitrogens with one attached hydrogen (secondary N) is 2. The van der Waals surface area contributed by atoms with E-state index in [9.17, 15) is 9.59 Å². The summed E-state index contributed by atoms with van der Waals surface area (Å²) in [4.78, 5) is 25.8. The highest BCUT2D eigenvalue weighted by molar-refractivity contribution is 5.95. The Balaban J connectivity index is 1.83. The highest BCUT2D eigenvalue weighted by atomic mass is 16.5. The molecule has 0 bridgehead atoms. The van der Waals surface area contributed by atoms with Crippen molar-refractivity contribution in [1.82, 2.24) is 10.2 Å². The number of carbonyl (C=O) groups is 2. The zero-order valence-corrected chi connectivity index (χ0v) is 14.7. The van der Waals surface area contributed by atoms with Crippen molar-refractivity contribution in [2.24, 2.45) is 5.92 Å². The van der Waals surface area contributed by atoms with Crippen molar-refractivity contribution in [2.45, 2.75) is 32.8 Å². The molecule has 132 valence electrons. The predicted molar refractivity (Wildman–Crippen MR) is 94.2 cm³/mol. The summed E-state index contributed by atoms with van der Waals surface area (Å²) in [7, 11) is 1.75. The number of rotatable bonds is 6. The molecule has 1 aliphatic heterocycles. The Morgan fingerprint density at radius 2 is 2.00 bits per heavy atom. The molecule has 0 radical (unpaired) electrons. The second-order valence-corrected chi connectivity index (χ2v) is 6.63. The average molecular weight is 333 g/mol. The minimum absolute atomic E-state index is 0.0999. The fourth-order valence-corrected chi connectivity index (χ4v) is 2.50. The van der Waals surface area contributed by atoms with Crippen molar-refractivity contribution in [3.8, 4) is 0 Å². The molecule has 0 saturated carbocycles. The van der Waals surface area contributed by atoms with Gasteiger partial charge in [0.2, 0.25) is 0 Å². The van der Waals surface area contributed by atoms with E-state index in [0.717, 1.165) is 19.4 Å². The van der Waals surface area contributed by atoms with Crippen LogP contribution in [0, 0.1) is 5.92 Å². The van der Waals surface area contributed by atoms with Gasteiger partial charge in [-0.3, -0.25) is 4.79 Å². The largest absolute Gasteiger partial charge is 0.376 e. The Morgan fingerprint density at radius 3 is 2.58 bits per heavy atom. The van der Waals surface area contributed by atoms with Crippen LogP contribution in [0.4, 0.5) is 10.5 Å². The lowest BCUT2D eigenvalue weighted by atomic mass is 10.1. The molecule has 1 unspecified atom stereocenters. The van der Waals surface area contributed by atoms with Gasteiger partial charge >= 0.3 is 6.03 Å². The number of anilines is 1. The molecule has 0 aromatic heterocycles. The van der Waals surface area contributed by atoms with E-state index in [2.05, 4.69) is 10.6 Å². The molecule has 1 heterocycles. The van der Waals surface area contributed by atoms with E-state index in [0.29, 0.717) is 30.3 Å². The number of nitrogens with zero attached hydrogens (tertiary/aromatic N) is 1. The van der Waals surface area contributed by atoms with Crippen LogP contribution in [0.5, 0.6) is 0 Å². The van der Waals surface area contributed by atoms with Crippen LogP contribution in [0.3, 0.4) is 0 Å². The zero-order chi connectivity index (χ0) is 17.5. The quantitative estimate of drug-likeness (QED) is 0.841. The molecule has 6 nitrogen and oxygen atoms in total. The van der Waals surface area contributed by atoms with E-state index < -0.39 is 0 Å². The third-order valence-corrected chi connectivity index (χ3v) is 3.92. The molecule has 1 fully saturated rings. The molecule has 1 atom stereocenters. The first-order valence-electron chi connectivity index (χ1n) is 8.47. The minimum Gasteiger partial charge on any atom is -0.376 e. The first-order valence-corrected chi connectivity index (χ1v) is 8.47. The molecule has 6 heteroatoms. The fraction of sp³-hybridized carbons (Fsp3) is 0.556. The summed E-state index contributed by atoms with van der Waals surface area (Å²) in [5.74, 6) is 0.309. The van der Waals surface area contributed by atoms with Gasteiger partial charge in [-0.1, -0.05) is 13.8 Å². The lowest BCUT2D eigenvalue weighted by Crippen LogP contribution is -2.37. The van der Waals surface area contributed by atoms with Crippen molar-refractivity contribution >= 4 is 17.6 Å². The van der Waals surface area contributed by atoms with Crippen LogP contribution in [0.25, 0.3) is 0 Å². The maximum atomic E-state index is 12.2. The SMILES string of the molecule is CC(C)CNC(=O)c1ccc(NC(=O)N(C)CC2CCCO2)cc1. The van der Waals surface area contributed by atoms with E-state index >= 15 is 0 Å². The average Bonchev–Trinajstić information content (AvgIpc) is 3.06. The lowest BCUT2D eigenvalue weighted by Gasteiger charge is -2.21. The Hall–Kier alpha value is -2.08. The molecule has 3 amide bonds. The third kappa shape index (κ3) is 5.53. The van der Waals surface area contributed by atoms with Gasteiger partial charge < -0.3 is 20.3 Å². The topological polar surface area (TPSA) is 70.7 Å². The first-order chi connectivity index (χ1) is 11.5. The summed E-state index contributed by atoms with van der Waals surface area (Å²) in [6.45, 7) is 6.10. The van der Waals surface area contributed by atoms with Crippen molar-refractivity contribution in [3.63, 3.8) is 0 Å². The van der Waals surface area contributed by atoms with Crippen LogP contribution >= 0.6 is 0 Å². The highest BCUT2D eigenvalue weighted by Gasteiger charge is 2.20. The number of benzene rings is 1. The minimum atomic E-state index is -0.178. The number of urea groups is 1. The summed E-state index contributed by atoms with van der Waals surface area (Å²) in [6.07, 6.45) is 2.19. The molecule has 0 aliphatic carbocycles. The Kier molecular flexibility index (Phi) is 6.61. The van der Waals surface area contributed by atoms with Crippen LogP contribution in [-0.4, -0.2) is 49.7 Å². The van der Waals surface area contributed by atoms with Gasteiger partial charge in [-0.15, -0.1) is 0 Å². The molecule has 2 rings (SSSR count). The Morgan fingerprint density at radius 1 is 1.29 bits per heavy atom. The molecular weight excluding hydrogens is 306 g/mol. The van der Waals surface area contributed by atoms with E-state index in [4.69, 9.17) is 4.74 Å². The summed E-state index contributed by atoms with van der Waals surface area (Å²) in [6, 6.07) is 6.73. The second-order valence-electron chi connectivity index (χ2n) is 6.63. The van der Waals surface area contributed by atoms with E-state index in [1.54, 1.807) is 36.2 Å². The van der Waals surface area contributed by atoms with Crippen molar-refractivity contribution in [1.29, 1.82) is 0 Å². The standard InChI is InChI=1S/C18H27N3O3/c1-13(2)11-19-17(22)14-6-8-15(9-7-14)20-18(23)21(3)12-16-5-4-10-24-16/h6-9,13,16H,4-5,10-12H2,1-3H3,(H,19,22)(H,20,23). The Bertz CT molecular complexity index is 551. The van der Waals surface area contributed by atoms with Crippen molar-refractivity contribution < 1.29 is 14.3 Å². The second kappa shape index (κ2) is 8.68. The molecule has 1 aromatic rings. The predicted octanol–water partition coefficient (Wildman–Crippen LogP) is 2.72. The van der Waals surface area contributed by atoms with Gasteiger partial charge in [0.05, 0.1) is 6.10 Å². The van der Waals surface area contributed by atoms with Crippen molar-refractivity contribution in [3.05, 3.63) is 29.8 Å². The molecular formula is C18H27N3O3. The molecule has 1 aliphatic rings. The maximum absolute atomic E-state index is 12.2. The summed E-state index contributed by atoms with van der Waals surface area (Å²) in [5.41, 5.74) is 1.25. The molecule has 2 N–H and O–H groups in total. The first kappa shape index (κ1) is 18.3.